The van der Waals surface area contributed by atoms with Crippen LogP contribution in [0.3, 0.4) is 0 Å². The van der Waals surface area contributed by atoms with Gasteiger partial charge >= 0.3 is 5.97 Å². The third-order valence-corrected chi connectivity index (χ3v) is 19.5. The van der Waals surface area contributed by atoms with Crippen molar-refractivity contribution in [3.63, 3.8) is 0 Å². The monoisotopic (exact) mass is 1230 g/mol. The topological polar surface area (TPSA) is 126 Å². The number of carboxylic acid groups (broad SMARTS) is 1. The molecule has 6 rings (SSSR count). The maximum atomic E-state index is 12.7. The van der Waals surface area contributed by atoms with Crippen LogP contribution in [-0.2, 0) is 36.9 Å². The van der Waals surface area contributed by atoms with Crippen molar-refractivity contribution >= 4 is 5.97 Å². The summed E-state index contributed by atoms with van der Waals surface area (Å²) in [5, 5.41) is 45.3. The number of carbonyl (C=O) groups is 1. The molecule has 8 heteroatoms. The molecule has 0 saturated heterocycles. The van der Waals surface area contributed by atoms with Gasteiger partial charge in [-0.15, -0.1) is 0 Å². The number of aryl methyl sites for hydroxylation is 2. The average Bonchev–Trinajstić information content (AvgIpc) is 0.757. The molecular weight excluding hydrogens is 1110 g/mol. The summed E-state index contributed by atoms with van der Waals surface area (Å²) in [5.41, 5.74) is 18.2. The Morgan fingerprint density at radius 1 is 0.456 bits per heavy atom. The van der Waals surface area contributed by atoms with Crippen LogP contribution in [0.15, 0.2) is 123 Å². The van der Waals surface area contributed by atoms with Gasteiger partial charge in [0.25, 0.3) is 0 Å². The predicted molar refractivity (Wildman–Crippen MR) is 377 cm³/mol. The number of hydrogen-bond acceptors (Lipinski definition) is 7. The van der Waals surface area contributed by atoms with Crippen LogP contribution in [0.5, 0.6) is 34.5 Å². The molecule has 3 aromatic rings. The zero-order valence-electron chi connectivity index (χ0n) is 58.7. The van der Waals surface area contributed by atoms with Crippen molar-refractivity contribution in [1.29, 1.82) is 0 Å². The van der Waals surface area contributed by atoms with E-state index in [9.17, 15) is 25.2 Å². The fourth-order valence-electron chi connectivity index (χ4n) is 13.3. The molecule has 0 fully saturated rings. The minimum absolute atomic E-state index is 0.201. The van der Waals surface area contributed by atoms with Gasteiger partial charge in [-0.2, -0.15) is 0 Å². The van der Waals surface area contributed by atoms with Gasteiger partial charge in [0.15, 0.2) is 0 Å². The number of aliphatic carboxylic acids is 1. The van der Waals surface area contributed by atoms with Gasteiger partial charge in [0.05, 0.1) is 0 Å². The van der Waals surface area contributed by atoms with E-state index in [0.29, 0.717) is 24.8 Å². The highest BCUT2D eigenvalue weighted by Gasteiger charge is 2.39. The van der Waals surface area contributed by atoms with Gasteiger partial charge in [0.1, 0.15) is 51.3 Å². The Morgan fingerprint density at radius 2 is 0.844 bits per heavy atom. The number of hydrogen-bond donors (Lipinski definition) is 4. The molecular formula is C82H116O8. The number of rotatable bonds is 32. The molecule has 3 aromatic carbocycles. The van der Waals surface area contributed by atoms with Gasteiger partial charge in [-0.05, 0) is 300 Å². The molecule has 3 aliphatic rings. The maximum Gasteiger partial charge on any atom is 0.330 e. The van der Waals surface area contributed by atoms with Gasteiger partial charge < -0.3 is 34.6 Å². The second kappa shape index (κ2) is 33.8. The van der Waals surface area contributed by atoms with Gasteiger partial charge in [0.2, 0.25) is 0 Å². The first kappa shape index (κ1) is 72.7. The molecule has 3 atom stereocenters. The second-order valence-corrected chi connectivity index (χ2v) is 28.7. The van der Waals surface area contributed by atoms with Crippen LogP contribution in [0.4, 0.5) is 0 Å². The third-order valence-electron chi connectivity index (χ3n) is 19.5. The first-order valence-electron chi connectivity index (χ1n) is 34.3. The van der Waals surface area contributed by atoms with E-state index in [1.165, 1.54) is 44.6 Å². The quantitative estimate of drug-likeness (QED) is 0.0360. The van der Waals surface area contributed by atoms with E-state index in [1.54, 1.807) is 13.0 Å². The van der Waals surface area contributed by atoms with Gasteiger partial charge in [0, 0.05) is 51.8 Å². The van der Waals surface area contributed by atoms with Crippen LogP contribution in [0.2, 0.25) is 0 Å². The number of allylic oxidation sites excluding steroid dienone is 17. The fraction of sp³-hybridized carbons (Fsp3) is 0.549. The van der Waals surface area contributed by atoms with Crippen molar-refractivity contribution in [2.45, 2.75) is 295 Å². The Hall–Kier alpha value is -6.41. The smallest absolute Gasteiger partial charge is 0.330 e. The van der Waals surface area contributed by atoms with Gasteiger partial charge in [-0.3, -0.25) is 0 Å². The number of ether oxygens (including phenoxy) is 3. The Kier molecular flexibility index (Phi) is 27.3. The van der Waals surface area contributed by atoms with Crippen molar-refractivity contribution in [3.8, 4) is 34.5 Å². The minimum atomic E-state index is -0.860. The summed E-state index contributed by atoms with van der Waals surface area (Å²) in [5.74, 6) is 2.25. The largest absolute Gasteiger partial charge is 0.508 e. The van der Waals surface area contributed by atoms with Gasteiger partial charge in [-0.1, -0.05) is 99.3 Å². The molecule has 0 spiro atoms. The van der Waals surface area contributed by atoms with Crippen LogP contribution < -0.4 is 14.2 Å². The predicted octanol–water partition coefficient (Wildman–Crippen LogP) is 22.5. The maximum absolute atomic E-state index is 12.7. The van der Waals surface area contributed by atoms with Crippen LogP contribution in [0.25, 0.3) is 0 Å². The zero-order valence-corrected chi connectivity index (χ0v) is 58.7. The molecule has 3 heterocycles. The highest BCUT2D eigenvalue weighted by molar-refractivity contribution is 5.85. The summed E-state index contributed by atoms with van der Waals surface area (Å²) in [6.45, 7) is 34.3. The first-order chi connectivity index (χ1) is 42.6. The summed E-state index contributed by atoms with van der Waals surface area (Å²) in [6, 6.07) is 5.54. The lowest BCUT2D eigenvalue weighted by molar-refractivity contribution is -0.132. The van der Waals surface area contributed by atoms with E-state index in [-0.39, 0.29) is 22.8 Å². The summed E-state index contributed by atoms with van der Waals surface area (Å²) in [4.78, 5) is 11.2. The van der Waals surface area contributed by atoms with Crippen LogP contribution in [0.1, 0.15) is 282 Å². The highest BCUT2D eigenvalue weighted by Crippen LogP contribution is 2.51. The van der Waals surface area contributed by atoms with E-state index in [4.69, 9.17) is 14.2 Å². The van der Waals surface area contributed by atoms with Crippen molar-refractivity contribution < 1.29 is 39.4 Å². The summed E-state index contributed by atoms with van der Waals surface area (Å²) in [6.07, 6.45) is 43.4. The molecule has 3 unspecified atom stereocenters. The van der Waals surface area contributed by atoms with Crippen LogP contribution in [0, 0.1) is 13.8 Å². The summed E-state index contributed by atoms with van der Waals surface area (Å²) >= 11 is 0. The van der Waals surface area contributed by atoms with E-state index >= 15 is 0 Å². The van der Waals surface area contributed by atoms with Crippen molar-refractivity contribution in [2.75, 3.05) is 0 Å². The minimum Gasteiger partial charge on any atom is -0.508 e. The average molecular weight is 1230 g/mol. The zero-order chi connectivity index (χ0) is 65.9. The van der Waals surface area contributed by atoms with Crippen LogP contribution >= 0.6 is 0 Å². The second-order valence-electron chi connectivity index (χ2n) is 28.7. The highest BCUT2D eigenvalue weighted by atomic mass is 16.5. The molecule has 0 amide bonds. The molecule has 492 valence electrons. The van der Waals surface area contributed by atoms with Crippen molar-refractivity contribution in [2.24, 2.45) is 0 Å². The summed E-state index contributed by atoms with van der Waals surface area (Å²) in [7, 11) is 0. The number of phenolic OH excluding ortho intramolecular Hbond substituents is 3. The standard InChI is InChI=1S/C82H116O8/c1-55(2)26-17-28-57(5)30-19-33-60(8)37-23-44-80(14)47-41-66-51-68(83)52-67(77(66)89-80)53-73-70-43-49-82(16,46-25-39-62(10)34-20-31-58(6)29-18-27-56(3)4)90-78(70)71(65(13)75(73)85)54-72-69-42-48-81(15,88-76(69)64(12)50-74(72)84)45-24-38-61(9)35-21-32-59(7)36-22-40-63(11)79(86)87/h26-27,30-32,37-40,50-52,83-85H,17-25,28-29,33-36,41-49,53-54H2,1-16H3,(H,86,87)/b57-30+,58-31+,59-32+,60-37+,61-38+,62-39+,63-40+. The Morgan fingerprint density at radius 3 is 1.29 bits per heavy atom. The molecule has 0 radical (unpaired) electrons. The van der Waals surface area contributed by atoms with E-state index in [1.807, 2.05) is 32.0 Å². The lowest BCUT2D eigenvalue weighted by Crippen LogP contribution is -2.37. The number of aromatic hydroxyl groups is 3. The number of fused-ring (bicyclic) bond motifs is 3. The number of phenols is 3. The molecule has 0 saturated carbocycles. The Balaban J connectivity index is 1.25. The van der Waals surface area contributed by atoms with E-state index < -0.39 is 17.2 Å². The molecule has 0 aromatic heterocycles. The lowest BCUT2D eigenvalue weighted by Gasteiger charge is -2.40. The third kappa shape index (κ3) is 21.9. The van der Waals surface area contributed by atoms with Crippen LogP contribution in [-0.4, -0.2) is 43.2 Å². The summed E-state index contributed by atoms with van der Waals surface area (Å²) < 4.78 is 21.7. The molecule has 0 aliphatic carbocycles. The van der Waals surface area contributed by atoms with E-state index in [2.05, 4.69) is 139 Å². The molecule has 4 N–H and O–H groups in total. The van der Waals surface area contributed by atoms with Crippen molar-refractivity contribution in [3.05, 3.63) is 173 Å². The molecule has 0 bridgehead atoms. The Labute approximate surface area is 544 Å². The molecule has 90 heavy (non-hydrogen) atoms. The number of carboxylic acids is 1. The SMILES string of the molecule is CC(C)=CCC/C(C)=C/CC/C(C)=C/CCC1(C)CCc2cc(O)cc(Cc3c(O)c(C)c(Cc4c(O)cc(C)c5c4CCC(C)(CC/C=C(\C)CC/C=C(\C)CC/C=C(\C)C(=O)O)O5)c4c3CCC(C)(CC/C=C(\C)CC/C=C(\C)CCC=C(C)C)O4)c2O1. The van der Waals surface area contributed by atoms with Gasteiger partial charge in [-0.25, -0.2) is 4.79 Å². The lowest BCUT2D eigenvalue weighted by atomic mass is 9.80. The fourth-order valence-corrected chi connectivity index (χ4v) is 13.3. The Bertz CT molecular complexity index is 3280. The number of benzene rings is 3. The first-order valence-corrected chi connectivity index (χ1v) is 34.3. The molecule has 8 nitrogen and oxygen atoms in total. The van der Waals surface area contributed by atoms with Crippen molar-refractivity contribution in [1.82, 2.24) is 0 Å². The molecule has 3 aliphatic heterocycles. The van der Waals surface area contributed by atoms with E-state index in [0.717, 1.165) is 215 Å². The normalized spacial score (nSPS) is 19.9.